The molecule has 0 spiro atoms. The molecule has 0 bridgehead atoms. The molecule has 0 saturated carbocycles. The number of ether oxygens (including phenoxy) is 2. The zero-order chi connectivity index (χ0) is 19.3. The second-order valence-corrected chi connectivity index (χ2v) is 8.39. The maximum atomic E-state index is 12.2. The molecule has 0 unspecified atom stereocenters. The van der Waals surface area contributed by atoms with E-state index >= 15 is 0 Å². The molecule has 1 aromatic rings. The van der Waals surface area contributed by atoms with Gasteiger partial charge in [0.1, 0.15) is 10.9 Å². The molecule has 1 aliphatic carbocycles. The molecule has 2 atom stereocenters. The van der Waals surface area contributed by atoms with E-state index in [1.165, 1.54) is 28.9 Å². The van der Waals surface area contributed by atoms with E-state index in [4.69, 9.17) is 9.47 Å². The lowest BCUT2D eigenvalue weighted by Crippen LogP contribution is -2.44. The number of nitrogens with one attached hydrogen (secondary N) is 1. The summed E-state index contributed by atoms with van der Waals surface area (Å²) in [4.78, 5) is 37.8. The zero-order valence-corrected chi connectivity index (χ0v) is 16.6. The maximum Gasteiger partial charge on any atom is 0.348 e. The predicted octanol–water partition coefficient (Wildman–Crippen LogP) is 2.73. The van der Waals surface area contributed by atoms with Crippen LogP contribution in [-0.2, 0) is 31.9 Å². The van der Waals surface area contributed by atoms with Gasteiger partial charge in [-0.25, -0.2) is 9.59 Å². The van der Waals surface area contributed by atoms with Crippen molar-refractivity contribution in [3.05, 3.63) is 21.4 Å². The summed E-state index contributed by atoms with van der Waals surface area (Å²) in [6.45, 7) is 5.68. The van der Waals surface area contributed by atoms with Crippen molar-refractivity contribution in [1.29, 1.82) is 0 Å². The van der Waals surface area contributed by atoms with E-state index in [-0.39, 0.29) is 5.92 Å². The third-order valence-corrected chi connectivity index (χ3v) is 5.61. The fourth-order valence-corrected chi connectivity index (χ4v) is 4.17. The average Bonchev–Trinajstić information content (AvgIpc) is 3.01. The Kier molecular flexibility index (Phi) is 7.20. The Labute approximate surface area is 158 Å². The Bertz CT molecular complexity index is 667. The first-order chi connectivity index (χ1) is 12.3. The molecule has 0 aliphatic heterocycles. The van der Waals surface area contributed by atoms with Gasteiger partial charge in [0, 0.05) is 4.88 Å². The number of aryl methyl sites for hydroxylation is 1. The van der Waals surface area contributed by atoms with Gasteiger partial charge in [0.25, 0.3) is 5.91 Å². The van der Waals surface area contributed by atoms with Gasteiger partial charge in [-0.05, 0) is 49.1 Å². The molecule has 0 aromatic carbocycles. The molecule has 26 heavy (non-hydrogen) atoms. The van der Waals surface area contributed by atoms with Crippen LogP contribution in [-0.4, -0.2) is 37.6 Å². The van der Waals surface area contributed by atoms with Gasteiger partial charge in [-0.3, -0.25) is 4.79 Å². The van der Waals surface area contributed by atoms with Crippen LogP contribution in [0.25, 0.3) is 0 Å². The van der Waals surface area contributed by atoms with Crippen LogP contribution in [0.3, 0.4) is 0 Å². The quantitative estimate of drug-likeness (QED) is 0.735. The Hall–Kier alpha value is -1.89. The lowest BCUT2D eigenvalue weighted by molar-refractivity contribution is -0.145. The number of carbonyl (C=O) groups is 3. The van der Waals surface area contributed by atoms with Gasteiger partial charge in [0.2, 0.25) is 0 Å². The topological polar surface area (TPSA) is 81.7 Å². The van der Waals surface area contributed by atoms with Crippen molar-refractivity contribution in [1.82, 2.24) is 5.32 Å². The molecule has 7 heteroatoms. The van der Waals surface area contributed by atoms with Crippen LogP contribution in [0.2, 0.25) is 0 Å². The normalized spacial score (nSPS) is 17.3. The van der Waals surface area contributed by atoms with Gasteiger partial charge in [-0.1, -0.05) is 20.8 Å². The largest absolute Gasteiger partial charge is 0.467 e. The minimum absolute atomic E-state index is 0.210. The molecular weight excluding hydrogens is 354 g/mol. The van der Waals surface area contributed by atoms with E-state index in [0.29, 0.717) is 17.2 Å². The fraction of sp³-hybridized carbons (Fsp3) is 0.632. The highest BCUT2D eigenvalue weighted by atomic mass is 32.1. The van der Waals surface area contributed by atoms with Crippen LogP contribution in [0.5, 0.6) is 0 Å². The standard InChI is InChI=1S/C19H27NO5S/c1-11(2)7-14(18(22)24-4)20-17(21)10-25-19(23)16-9-13-8-12(3)5-6-15(13)26-16/h9,11-12,14H,5-8,10H2,1-4H3,(H,20,21)/t12-,14-/m0/s1. The van der Waals surface area contributed by atoms with E-state index < -0.39 is 30.5 Å². The molecule has 0 saturated heterocycles. The Morgan fingerprint density at radius 2 is 2.08 bits per heavy atom. The molecule has 1 N–H and O–H groups in total. The first-order valence-electron chi connectivity index (χ1n) is 8.96. The molecular formula is C19H27NO5S. The van der Waals surface area contributed by atoms with Crippen LogP contribution >= 0.6 is 11.3 Å². The maximum absolute atomic E-state index is 12.2. The number of hydrogen-bond acceptors (Lipinski definition) is 6. The van der Waals surface area contributed by atoms with Gasteiger partial charge >= 0.3 is 11.9 Å². The van der Waals surface area contributed by atoms with Crippen molar-refractivity contribution in [2.45, 2.75) is 52.5 Å². The minimum Gasteiger partial charge on any atom is -0.467 e. The van der Waals surface area contributed by atoms with Crippen molar-refractivity contribution in [2.75, 3.05) is 13.7 Å². The molecule has 1 aliphatic rings. The predicted molar refractivity (Wildman–Crippen MR) is 99.2 cm³/mol. The van der Waals surface area contributed by atoms with Gasteiger partial charge in [0.15, 0.2) is 6.61 Å². The summed E-state index contributed by atoms with van der Waals surface area (Å²) in [6.07, 6.45) is 3.57. The number of hydrogen-bond donors (Lipinski definition) is 1. The molecule has 6 nitrogen and oxygen atoms in total. The number of thiophene rings is 1. The number of rotatable bonds is 7. The van der Waals surface area contributed by atoms with Gasteiger partial charge in [-0.2, -0.15) is 0 Å². The van der Waals surface area contributed by atoms with Crippen molar-refractivity contribution in [3.63, 3.8) is 0 Å². The van der Waals surface area contributed by atoms with Crippen molar-refractivity contribution >= 4 is 29.2 Å². The highest BCUT2D eigenvalue weighted by molar-refractivity contribution is 7.14. The second-order valence-electron chi connectivity index (χ2n) is 7.26. The third kappa shape index (κ3) is 5.56. The smallest absolute Gasteiger partial charge is 0.348 e. The molecule has 0 radical (unpaired) electrons. The summed E-state index contributed by atoms with van der Waals surface area (Å²) in [5, 5.41) is 2.57. The van der Waals surface area contributed by atoms with Gasteiger partial charge < -0.3 is 14.8 Å². The van der Waals surface area contributed by atoms with Crippen LogP contribution < -0.4 is 5.32 Å². The van der Waals surface area contributed by atoms with Gasteiger partial charge in [-0.15, -0.1) is 11.3 Å². The van der Waals surface area contributed by atoms with E-state index in [0.717, 1.165) is 19.3 Å². The zero-order valence-electron chi connectivity index (χ0n) is 15.8. The summed E-state index contributed by atoms with van der Waals surface area (Å²) in [5.41, 5.74) is 1.22. The minimum atomic E-state index is -0.734. The van der Waals surface area contributed by atoms with Crippen LogP contribution in [0.4, 0.5) is 0 Å². The molecule has 1 amide bonds. The molecule has 2 rings (SSSR count). The Balaban J connectivity index is 1.88. The molecule has 0 fully saturated rings. The SMILES string of the molecule is COC(=O)[C@H](CC(C)C)NC(=O)COC(=O)c1cc2c(s1)CC[C@H](C)C2. The lowest BCUT2D eigenvalue weighted by Gasteiger charge is -2.18. The van der Waals surface area contributed by atoms with Crippen LogP contribution in [0, 0.1) is 11.8 Å². The number of carbonyl (C=O) groups excluding carboxylic acids is 3. The Morgan fingerprint density at radius 3 is 2.73 bits per heavy atom. The van der Waals surface area contributed by atoms with Crippen LogP contribution in [0.15, 0.2) is 6.07 Å². The molecule has 144 valence electrons. The summed E-state index contributed by atoms with van der Waals surface area (Å²) in [5.74, 6) is -0.668. The third-order valence-electron chi connectivity index (χ3n) is 4.39. The second kappa shape index (κ2) is 9.16. The number of methoxy groups -OCH3 is 1. The lowest BCUT2D eigenvalue weighted by atomic mass is 9.90. The molecule has 1 aromatic heterocycles. The number of esters is 2. The van der Waals surface area contributed by atoms with Crippen molar-refractivity contribution in [2.24, 2.45) is 11.8 Å². The number of fused-ring (bicyclic) bond motifs is 1. The highest BCUT2D eigenvalue weighted by Gasteiger charge is 2.24. The summed E-state index contributed by atoms with van der Waals surface area (Å²) in [6, 6.07) is 1.15. The van der Waals surface area contributed by atoms with E-state index in [2.05, 4.69) is 12.2 Å². The van der Waals surface area contributed by atoms with E-state index in [1.807, 2.05) is 19.9 Å². The molecule has 1 heterocycles. The monoisotopic (exact) mass is 381 g/mol. The first-order valence-corrected chi connectivity index (χ1v) is 9.77. The van der Waals surface area contributed by atoms with Gasteiger partial charge in [0.05, 0.1) is 7.11 Å². The number of amides is 1. The van der Waals surface area contributed by atoms with Crippen molar-refractivity contribution < 1.29 is 23.9 Å². The Morgan fingerprint density at radius 1 is 1.35 bits per heavy atom. The fourth-order valence-electron chi connectivity index (χ4n) is 3.07. The highest BCUT2D eigenvalue weighted by Crippen LogP contribution is 2.32. The summed E-state index contributed by atoms with van der Waals surface area (Å²) in [7, 11) is 1.28. The van der Waals surface area contributed by atoms with E-state index in [9.17, 15) is 14.4 Å². The average molecular weight is 381 g/mol. The summed E-state index contributed by atoms with van der Waals surface area (Å²) >= 11 is 1.45. The van der Waals surface area contributed by atoms with Crippen LogP contribution in [0.1, 0.15) is 53.7 Å². The van der Waals surface area contributed by atoms with E-state index in [1.54, 1.807) is 0 Å². The van der Waals surface area contributed by atoms with Crippen molar-refractivity contribution in [3.8, 4) is 0 Å². The summed E-state index contributed by atoms with van der Waals surface area (Å²) < 4.78 is 9.83. The first kappa shape index (κ1) is 20.4.